The molecule has 0 fully saturated rings. The maximum atomic E-state index is 11.0. The van der Waals surface area contributed by atoms with Crippen LogP contribution < -0.4 is 0 Å². The summed E-state index contributed by atoms with van der Waals surface area (Å²) in [5.74, 6) is 0. The zero-order valence-corrected chi connectivity index (χ0v) is 9.99. The lowest BCUT2D eigenvalue weighted by molar-refractivity contribution is 0.112. The average Bonchev–Trinajstić information content (AvgIpc) is 2.20. The minimum absolute atomic E-state index is 0.646. The maximum absolute atomic E-state index is 11.0. The molecule has 0 unspecified atom stereocenters. The lowest BCUT2D eigenvalue weighted by Crippen LogP contribution is -2.07. The molecule has 0 amide bonds. The Balaban J connectivity index is 2.65. The Morgan fingerprint density at radius 3 is 2.79 bits per heavy atom. The molecular weight excluding hydrogens is 263 g/mol. The van der Waals surface area contributed by atoms with E-state index >= 15 is 0 Å². The summed E-state index contributed by atoms with van der Waals surface area (Å²) in [6, 6.07) is 1.98. The second-order valence-electron chi connectivity index (χ2n) is 3.55. The summed E-state index contributed by atoms with van der Waals surface area (Å²) in [7, 11) is 0. The van der Waals surface area contributed by atoms with E-state index in [1.54, 1.807) is 0 Å². The van der Waals surface area contributed by atoms with Crippen LogP contribution in [-0.2, 0) is 12.8 Å². The fourth-order valence-corrected chi connectivity index (χ4v) is 2.68. The van der Waals surface area contributed by atoms with Gasteiger partial charge in [0.1, 0.15) is 0 Å². The van der Waals surface area contributed by atoms with Gasteiger partial charge in [0.15, 0.2) is 6.29 Å². The quantitative estimate of drug-likeness (QED) is 0.712. The molecule has 0 aromatic heterocycles. The van der Waals surface area contributed by atoms with Gasteiger partial charge in [-0.15, -0.1) is 0 Å². The molecular formula is C11H10BrClO. The van der Waals surface area contributed by atoms with Crippen molar-refractivity contribution in [3.05, 3.63) is 32.3 Å². The lowest BCUT2D eigenvalue weighted by Gasteiger charge is -2.18. The van der Waals surface area contributed by atoms with Crippen LogP contribution in [0.25, 0.3) is 0 Å². The summed E-state index contributed by atoms with van der Waals surface area (Å²) in [6.07, 6.45) is 5.31. The first-order valence-electron chi connectivity index (χ1n) is 4.69. The second kappa shape index (κ2) is 4.03. The van der Waals surface area contributed by atoms with Gasteiger partial charge in [-0.1, -0.05) is 11.6 Å². The molecule has 0 radical (unpaired) electrons. The van der Waals surface area contributed by atoms with Crippen molar-refractivity contribution in [3.63, 3.8) is 0 Å². The maximum Gasteiger partial charge on any atom is 0.151 e. The van der Waals surface area contributed by atoms with Crippen LogP contribution in [0.4, 0.5) is 0 Å². The van der Waals surface area contributed by atoms with E-state index in [9.17, 15) is 4.79 Å². The molecule has 0 spiro atoms. The van der Waals surface area contributed by atoms with E-state index in [2.05, 4.69) is 15.9 Å². The highest BCUT2D eigenvalue weighted by Gasteiger charge is 2.17. The molecule has 0 atom stereocenters. The van der Waals surface area contributed by atoms with Crippen molar-refractivity contribution in [1.29, 1.82) is 0 Å². The predicted molar refractivity (Wildman–Crippen MR) is 61.2 cm³/mol. The van der Waals surface area contributed by atoms with Gasteiger partial charge in [-0.05, 0) is 58.8 Å². The molecule has 0 saturated heterocycles. The number of carbonyl (C=O) groups excluding carboxylic acids is 1. The van der Waals surface area contributed by atoms with Crippen LogP contribution in [0.15, 0.2) is 10.5 Å². The Morgan fingerprint density at radius 1 is 1.36 bits per heavy atom. The summed E-state index contributed by atoms with van der Waals surface area (Å²) in [6.45, 7) is 0. The van der Waals surface area contributed by atoms with Crippen LogP contribution in [0.2, 0.25) is 5.02 Å². The minimum Gasteiger partial charge on any atom is -0.298 e. The predicted octanol–water partition coefficient (Wildman–Crippen LogP) is 3.79. The van der Waals surface area contributed by atoms with E-state index in [0.717, 1.165) is 29.2 Å². The van der Waals surface area contributed by atoms with Crippen molar-refractivity contribution in [2.45, 2.75) is 25.7 Å². The number of hydrogen-bond donors (Lipinski definition) is 0. The first-order chi connectivity index (χ1) is 6.74. The molecule has 1 aliphatic rings. The van der Waals surface area contributed by atoms with Crippen molar-refractivity contribution in [1.82, 2.24) is 0 Å². The van der Waals surface area contributed by atoms with Crippen molar-refractivity contribution in [2.75, 3.05) is 0 Å². The molecule has 2 rings (SSSR count). The van der Waals surface area contributed by atoms with Crippen LogP contribution in [0.3, 0.4) is 0 Å². The van der Waals surface area contributed by atoms with Crippen molar-refractivity contribution in [2.24, 2.45) is 0 Å². The summed E-state index contributed by atoms with van der Waals surface area (Å²) < 4.78 is 0.745. The number of rotatable bonds is 1. The normalized spacial score (nSPS) is 15.0. The molecule has 3 heteroatoms. The molecule has 0 bridgehead atoms. The van der Waals surface area contributed by atoms with Gasteiger partial charge in [-0.2, -0.15) is 0 Å². The SMILES string of the molecule is O=Cc1c(Br)c(Cl)cc2c1CCCC2. The van der Waals surface area contributed by atoms with Crippen molar-refractivity contribution >= 4 is 33.8 Å². The van der Waals surface area contributed by atoms with Gasteiger partial charge in [0.05, 0.1) is 5.02 Å². The van der Waals surface area contributed by atoms with E-state index in [1.807, 2.05) is 6.07 Å². The molecule has 1 aliphatic carbocycles. The van der Waals surface area contributed by atoms with E-state index in [-0.39, 0.29) is 0 Å². The zero-order valence-electron chi connectivity index (χ0n) is 7.65. The van der Waals surface area contributed by atoms with Gasteiger partial charge >= 0.3 is 0 Å². The topological polar surface area (TPSA) is 17.1 Å². The fraction of sp³-hybridized carbons (Fsp3) is 0.364. The van der Waals surface area contributed by atoms with Gasteiger partial charge in [-0.3, -0.25) is 4.79 Å². The number of aldehydes is 1. The first kappa shape index (κ1) is 10.2. The van der Waals surface area contributed by atoms with Crippen LogP contribution in [0.5, 0.6) is 0 Å². The van der Waals surface area contributed by atoms with E-state index < -0.39 is 0 Å². The Kier molecular flexibility index (Phi) is 2.93. The van der Waals surface area contributed by atoms with E-state index in [4.69, 9.17) is 11.6 Å². The molecule has 74 valence electrons. The van der Waals surface area contributed by atoms with Crippen LogP contribution in [0.1, 0.15) is 34.3 Å². The highest BCUT2D eigenvalue weighted by molar-refractivity contribution is 9.10. The molecule has 14 heavy (non-hydrogen) atoms. The third-order valence-corrected chi connectivity index (χ3v) is 4.08. The second-order valence-corrected chi connectivity index (χ2v) is 4.75. The fourth-order valence-electron chi connectivity index (χ4n) is 2.00. The number of halogens is 2. The van der Waals surface area contributed by atoms with Gasteiger partial charge in [0.2, 0.25) is 0 Å². The number of carbonyl (C=O) groups is 1. The number of aryl methyl sites for hydroxylation is 1. The highest BCUT2D eigenvalue weighted by atomic mass is 79.9. The third-order valence-electron chi connectivity index (χ3n) is 2.70. The average molecular weight is 274 g/mol. The Morgan fingerprint density at radius 2 is 2.07 bits per heavy atom. The zero-order chi connectivity index (χ0) is 10.1. The van der Waals surface area contributed by atoms with Gasteiger partial charge in [-0.25, -0.2) is 0 Å². The summed E-state index contributed by atoms with van der Waals surface area (Å²) >= 11 is 9.38. The van der Waals surface area contributed by atoms with Gasteiger partial charge in [0, 0.05) is 10.0 Å². The molecule has 1 nitrogen and oxygen atoms in total. The standard InChI is InChI=1S/C11H10BrClO/c12-11-9(6-14)8-4-2-1-3-7(8)5-10(11)13/h5-6H,1-4H2. The number of hydrogen-bond acceptors (Lipinski definition) is 1. The van der Waals surface area contributed by atoms with Crippen LogP contribution in [0, 0.1) is 0 Å². The molecule has 0 N–H and O–H groups in total. The van der Waals surface area contributed by atoms with Crippen LogP contribution in [-0.4, -0.2) is 6.29 Å². The monoisotopic (exact) mass is 272 g/mol. The first-order valence-corrected chi connectivity index (χ1v) is 5.86. The molecule has 1 aromatic carbocycles. The van der Waals surface area contributed by atoms with Crippen molar-refractivity contribution < 1.29 is 4.79 Å². The lowest BCUT2D eigenvalue weighted by atomic mass is 9.88. The van der Waals surface area contributed by atoms with E-state index in [1.165, 1.54) is 24.0 Å². The molecule has 1 aromatic rings. The highest BCUT2D eigenvalue weighted by Crippen LogP contribution is 2.34. The van der Waals surface area contributed by atoms with Gasteiger partial charge in [0.25, 0.3) is 0 Å². The Hall–Kier alpha value is -0.340. The van der Waals surface area contributed by atoms with Crippen LogP contribution >= 0.6 is 27.5 Å². The summed E-state index contributed by atoms with van der Waals surface area (Å²) in [5.41, 5.74) is 3.17. The smallest absolute Gasteiger partial charge is 0.151 e. The Labute approximate surface area is 96.6 Å². The molecule has 0 heterocycles. The largest absolute Gasteiger partial charge is 0.298 e. The van der Waals surface area contributed by atoms with Crippen molar-refractivity contribution in [3.8, 4) is 0 Å². The summed E-state index contributed by atoms with van der Waals surface area (Å²) in [4.78, 5) is 11.0. The van der Waals surface area contributed by atoms with E-state index in [0.29, 0.717) is 5.02 Å². The molecule has 0 saturated carbocycles. The number of fused-ring (bicyclic) bond motifs is 1. The summed E-state index contributed by atoms with van der Waals surface area (Å²) in [5, 5.41) is 0.646. The van der Waals surface area contributed by atoms with Gasteiger partial charge < -0.3 is 0 Å². The minimum atomic E-state index is 0.646. The molecule has 0 aliphatic heterocycles. The number of benzene rings is 1. The third kappa shape index (κ3) is 1.61. The Bertz CT molecular complexity index is 387.